The summed E-state index contributed by atoms with van der Waals surface area (Å²) in [4.78, 5) is 13.0. The van der Waals surface area contributed by atoms with Crippen molar-refractivity contribution in [1.82, 2.24) is 14.9 Å². The van der Waals surface area contributed by atoms with Crippen molar-refractivity contribution in [3.63, 3.8) is 0 Å². The van der Waals surface area contributed by atoms with Gasteiger partial charge >= 0.3 is 0 Å². The van der Waals surface area contributed by atoms with E-state index < -0.39 is 0 Å². The molecule has 4 nitrogen and oxygen atoms in total. The summed E-state index contributed by atoms with van der Waals surface area (Å²) in [5.41, 5.74) is 0. The predicted octanol–water partition coefficient (Wildman–Crippen LogP) is 2.25. The Balaban J connectivity index is 2.82. The van der Waals surface area contributed by atoms with Gasteiger partial charge in [0.2, 0.25) is 0 Å². The SMILES string of the molecule is CC(C)c1nc(Cl)cc(N(C)CCN(C)C)n1. The number of hydrogen-bond acceptors (Lipinski definition) is 4. The van der Waals surface area contributed by atoms with E-state index in [9.17, 15) is 0 Å². The van der Waals surface area contributed by atoms with E-state index in [-0.39, 0.29) is 5.92 Å². The Hall–Kier alpha value is -0.870. The summed E-state index contributed by atoms with van der Waals surface area (Å²) in [6, 6.07) is 1.81. The standard InChI is InChI=1S/C12H21ClN4/c1-9(2)12-14-10(13)8-11(15-12)17(5)7-6-16(3)4/h8-9H,6-7H2,1-5H3. The minimum Gasteiger partial charge on any atom is -0.358 e. The zero-order chi connectivity index (χ0) is 13.0. The van der Waals surface area contributed by atoms with Crippen LogP contribution >= 0.6 is 11.6 Å². The van der Waals surface area contributed by atoms with E-state index >= 15 is 0 Å². The van der Waals surface area contributed by atoms with Crippen LogP contribution in [0.1, 0.15) is 25.6 Å². The van der Waals surface area contributed by atoms with E-state index in [0.29, 0.717) is 5.15 Å². The van der Waals surface area contributed by atoms with E-state index in [1.54, 1.807) is 0 Å². The first-order chi connectivity index (χ1) is 7.90. The number of anilines is 1. The van der Waals surface area contributed by atoms with E-state index in [1.807, 2.05) is 13.1 Å². The van der Waals surface area contributed by atoms with Gasteiger partial charge in [-0.25, -0.2) is 9.97 Å². The molecule has 0 radical (unpaired) electrons. The maximum atomic E-state index is 6.01. The van der Waals surface area contributed by atoms with Crippen molar-refractivity contribution < 1.29 is 0 Å². The second-order valence-electron chi connectivity index (χ2n) is 4.79. The van der Waals surface area contributed by atoms with E-state index in [1.165, 1.54) is 0 Å². The Morgan fingerprint density at radius 3 is 2.35 bits per heavy atom. The van der Waals surface area contributed by atoms with Crippen LogP contribution in [-0.2, 0) is 0 Å². The van der Waals surface area contributed by atoms with Crippen LogP contribution in [0.5, 0.6) is 0 Å². The third-order valence-electron chi connectivity index (χ3n) is 2.49. The fraction of sp³-hybridized carbons (Fsp3) is 0.667. The van der Waals surface area contributed by atoms with Gasteiger partial charge < -0.3 is 9.80 Å². The lowest BCUT2D eigenvalue weighted by atomic mass is 10.2. The van der Waals surface area contributed by atoms with Gasteiger partial charge in [-0.2, -0.15) is 0 Å². The van der Waals surface area contributed by atoms with Crippen molar-refractivity contribution in [3.8, 4) is 0 Å². The van der Waals surface area contributed by atoms with Gasteiger partial charge in [0.15, 0.2) is 0 Å². The molecule has 1 rings (SSSR count). The van der Waals surface area contributed by atoms with Crippen molar-refractivity contribution in [2.24, 2.45) is 0 Å². The molecule has 0 spiro atoms. The molecule has 0 aromatic carbocycles. The Morgan fingerprint density at radius 1 is 1.18 bits per heavy atom. The molecular weight excluding hydrogens is 236 g/mol. The van der Waals surface area contributed by atoms with Gasteiger partial charge in [0.25, 0.3) is 0 Å². The highest BCUT2D eigenvalue weighted by molar-refractivity contribution is 6.29. The monoisotopic (exact) mass is 256 g/mol. The van der Waals surface area contributed by atoms with Gasteiger partial charge in [-0.15, -0.1) is 0 Å². The van der Waals surface area contributed by atoms with Gasteiger partial charge in [0.1, 0.15) is 16.8 Å². The number of nitrogens with zero attached hydrogens (tertiary/aromatic N) is 4. The molecule has 0 aliphatic carbocycles. The van der Waals surface area contributed by atoms with Gasteiger partial charge in [-0.3, -0.25) is 0 Å². The molecule has 0 saturated carbocycles. The van der Waals surface area contributed by atoms with E-state index in [2.05, 4.69) is 47.7 Å². The molecule has 1 aromatic rings. The molecule has 5 heteroatoms. The molecule has 0 amide bonds. The highest BCUT2D eigenvalue weighted by Gasteiger charge is 2.10. The van der Waals surface area contributed by atoms with E-state index in [0.717, 1.165) is 24.7 Å². The number of halogens is 1. The first-order valence-corrected chi connectivity index (χ1v) is 6.18. The lowest BCUT2D eigenvalue weighted by Crippen LogP contribution is -2.29. The van der Waals surface area contributed by atoms with E-state index in [4.69, 9.17) is 11.6 Å². The van der Waals surface area contributed by atoms with Crippen LogP contribution in [0.15, 0.2) is 6.07 Å². The lowest BCUT2D eigenvalue weighted by Gasteiger charge is -2.21. The molecular formula is C12H21ClN4. The molecule has 0 saturated heterocycles. The van der Waals surface area contributed by atoms with Gasteiger partial charge in [-0.1, -0.05) is 25.4 Å². The van der Waals surface area contributed by atoms with Crippen LogP contribution in [0.2, 0.25) is 5.15 Å². The third-order valence-corrected chi connectivity index (χ3v) is 2.68. The summed E-state index contributed by atoms with van der Waals surface area (Å²) in [7, 11) is 6.13. The Labute approximate surface area is 109 Å². The second-order valence-corrected chi connectivity index (χ2v) is 5.17. The molecule has 0 aliphatic rings. The fourth-order valence-electron chi connectivity index (χ4n) is 1.34. The number of likely N-dealkylation sites (N-methyl/N-ethyl adjacent to an activating group) is 2. The van der Waals surface area contributed by atoms with Gasteiger partial charge in [0, 0.05) is 32.1 Å². The normalized spacial score (nSPS) is 11.3. The van der Waals surface area contributed by atoms with Gasteiger partial charge in [-0.05, 0) is 14.1 Å². The summed E-state index contributed by atoms with van der Waals surface area (Å²) in [5, 5.41) is 0.510. The van der Waals surface area contributed by atoms with Crippen molar-refractivity contribution >= 4 is 17.4 Å². The number of hydrogen-bond donors (Lipinski definition) is 0. The largest absolute Gasteiger partial charge is 0.358 e. The zero-order valence-electron chi connectivity index (χ0n) is 11.2. The number of aromatic nitrogens is 2. The van der Waals surface area contributed by atoms with Crippen molar-refractivity contribution in [1.29, 1.82) is 0 Å². The lowest BCUT2D eigenvalue weighted by molar-refractivity contribution is 0.416. The summed E-state index contributed by atoms with van der Waals surface area (Å²) < 4.78 is 0. The van der Waals surface area contributed by atoms with Crippen LogP contribution in [0.25, 0.3) is 0 Å². The Morgan fingerprint density at radius 2 is 1.82 bits per heavy atom. The van der Waals surface area contributed by atoms with Crippen molar-refractivity contribution in [2.45, 2.75) is 19.8 Å². The van der Waals surface area contributed by atoms with Crippen LogP contribution < -0.4 is 4.90 Å². The molecule has 0 aliphatic heterocycles. The number of rotatable bonds is 5. The summed E-state index contributed by atoms with van der Waals surface area (Å²) >= 11 is 6.01. The topological polar surface area (TPSA) is 32.3 Å². The molecule has 0 N–H and O–H groups in total. The predicted molar refractivity (Wildman–Crippen MR) is 73.0 cm³/mol. The van der Waals surface area contributed by atoms with Crippen LogP contribution in [0.4, 0.5) is 5.82 Å². The smallest absolute Gasteiger partial charge is 0.135 e. The summed E-state index contributed by atoms with van der Waals surface area (Å²) in [5.74, 6) is 1.97. The average Bonchev–Trinajstić information content (AvgIpc) is 2.24. The molecule has 1 aromatic heterocycles. The van der Waals surface area contributed by atoms with Crippen LogP contribution in [0.3, 0.4) is 0 Å². The second kappa shape index (κ2) is 6.17. The Kier molecular flexibility index (Phi) is 5.15. The maximum absolute atomic E-state index is 6.01. The quantitative estimate of drug-likeness (QED) is 0.757. The maximum Gasteiger partial charge on any atom is 0.135 e. The van der Waals surface area contributed by atoms with Crippen molar-refractivity contribution in [3.05, 3.63) is 17.0 Å². The van der Waals surface area contributed by atoms with Crippen LogP contribution in [0, 0.1) is 0 Å². The van der Waals surface area contributed by atoms with Crippen LogP contribution in [-0.4, -0.2) is 49.1 Å². The Bertz CT molecular complexity index is 366. The molecule has 0 unspecified atom stereocenters. The summed E-state index contributed by atoms with van der Waals surface area (Å²) in [6.45, 7) is 6.03. The first kappa shape index (κ1) is 14.2. The minimum atomic E-state index is 0.287. The highest BCUT2D eigenvalue weighted by Crippen LogP contribution is 2.18. The third kappa shape index (κ3) is 4.48. The average molecular weight is 257 g/mol. The molecule has 96 valence electrons. The first-order valence-electron chi connectivity index (χ1n) is 5.80. The molecule has 17 heavy (non-hydrogen) atoms. The van der Waals surface area contributed by atoms with Gasteiger partial charge in [0.05, 0.1) is 0 Å². The molecule has 0 fully saturated rings. The highest BCUT2D eigenvalue weighted by atomic mass is 35.5. The summed E-state index contributed by atoms with van der Waals surface area (Å²) in [6.07, 6.45) is 0. The fourth-order valence-corrected chi connectivity index (χ4v) is 1.53. The van der Waals surface area contributed by atoms with Crippen molar-refractivity contribution in [2.75, 3.05) is 39.1 Å². The molecule has 0 atom stereocenters. The minimum absolute atomic E-state index is 0.287. The molecule has 0 bridgehead atoms. The zero-order valence-corrected chi connectivity index (χ0v) is 12.0. The molecule has 1 heterocycles.